The first-order chi connectivity index (χ1) is 15.1. The maximum absolute atomic E-state index is 14.4. The van der Waals surface area contributed by atoms with Gasteiger partial charge in [0.05, 0.1) is 23.4 Å². The van der Waals surface area contributed by atoms with Crippen molar-refractivity contribution < 1.29 is 31.7 Å². The van der Waals surface area contributed by atoms with Gasteiger partial charge in [0.25, 0.3) is 0 Å². The molecule has 182 valence electrons. The molecule has 3 rings (SSSR count). The molecule has 1 aliphatic carbocycles. The van der Waals surface area contributed by atoms with Gasteiger partial charge in [-0.2, -0.15) is 13.2 Å². The molecule has 13 heteroatoms. The summed E-state index contributed by atoms with van der Waals surface area (Å²) in [5, 5.41) is 18.1. The van der Waals surface area contributed by atoms with E-state index in [0.717, 1.165) is 6.07 Å². The van der Waals surface area contributed by atoms with E-state index < -0.39 is 44.2 Å². The summed E-state index contributed by atoms with van der Waals surface area (Å²) in [6, 6.07) is -0.207. The van der Waals surface area contributed by atoms with Crippen molar-refractivity contribution in [3.05, 3.63) is 39.3 Å². The van der Waals surface area contributed by atoms with Crippen LogP contribution in [-0.2, 0) is 41.2 Å². The van der Waals surface area contributed by atoms with Crippen LogP contribution in [0.15, 0.2) is 14.6 Å². The fourth-order valence-electron chi connectivity index (χ4n) is 3.69. The number of aryl methyl sites for hydroxylation is 1. The van der Waals surface area contributed by atoms with E-state index in [0.29, 0.717) is 41.9 Å². The second-order valence-corrected chi connectivity index (χ2v) is 11.3. The molecule has 0 aromatic carbocycles. The number of aromatic nitrogens is 1. The lowest BCUT2D eigenvalue weighted by Crippen LogP contribution is -2.21. The van der Waals surface area contributed by atoms with Gasteiger partial charge in [-0.05, 0) is 56.7 Å². The molecule has 2 aromatic heterocycles. The van der Waals surface area contributed by atoms with Crippen molar-refractivity contribution in [2.24, 2.45) is 9.50 Å². The van der Waals surface area contributed by atoms with Gasteiger partial charge in [0.15, 0.2) is 19.9 Å². The van der Waals surface area contributed by atoms with Crippen LogP contribution < -0.4 is 10.5 Å². The smallest absolute Gasteiger partial charge is 0.385 e. The Labute approximate surface area is 192 Å². The molecule has 7 nitrogen and oxygen atoms in total. The van der Waals surface area contributed by atoms with Gasteiger partial charge in [0, 0.05) is 10.6 Å². The van der Waals surface area contributed by atoms with Crippen LogP contribution in [-0.4, -0.2) is 26.5 Å². The number of nitrogens with two attached hydrogens (primary N) is 1. The van der Waals surface area contributed by atoms with Crippen LogP contribution >= 0.6 is 11.3 Å². The molecule has 0 bridgehead atoms. The van der Waals surface area contributed by atoms with Crippen molar-refractivity contribution >= 4 is 33.0 Å². The standard InChI is InChI=1S/C20H24F4N4O3S2/c1-4-10-14(9-20(22,23)24)26-13-7-5-6-11(13)16(10)27-18(29)28-33(25,31)17-12(21)8-15(32-17)19(2,3)30/h8,30H,4-7,9H2,1-3H3,(H3,25,26,27,28,29,31)/t33-/m0/s1. The Hall–Kier alpha value is -2.09. The van der Waals surface area contributed by atoms with E-state index in [1.165, 1.54) is 13.8 Å². The minimum absolute atomic E-state index is 0.140. The van der Waals surface area contributed by atoms with E-state index in [-0.39, 0.29) is 28.2 Å². The van der Waals surface area contributed by atoms with Crippen LogP contribution in [0.5, 0.6) is 0 Å². The second kappa shape index (κ2) is 8.93. The number of amides is 2. The van der Waals surface area contributed by atoms with Gasteiger partial charge in [-0.25, -0.2) is 18.5 Å². The molecule has 0 unspecified atom stereocenters. The van der Waals surface area contributed by atoms with E-state index in [2.05, 4.69) is 14.7 Å². The van der Waals surface area contributed by atoms with Gasteiger partial charge in [0.1, 0.15) is 0 Å². The third kappa shape index (κ3) is 5.70. The molecular weight excluding hydrogens is 484 g/mol. The Kier molecular flexibility index (Phi) is 6.91. The van der Waals surface area contributed by atoms with Crippen LogP contribution in [0, 0.1) is 5.82 Å². The molecule has 2 heterocycles. The minimum Gasteiger partial charge on any atom is -0.385 e. The van der Waals surface area contributed by atoms with E-state index in [9.17, 15) is 31.7 Å². The normalized spacial score (nSPS) is 15.8. The number of hydrogen-bond acceptors (Lipinski definition) is 5. The largest absolute Gasteiger partial charge is 0.394 e. The Bertz CT molecular complexity index is 1210. The number of carbonyl (C=O) groups is 1. The molecule has 0 spiro atoms. The maximum Gasteiger partial charge on any atom is 0.394 e. The first-order valence-electron chi connectivity index (χ1n) is 10.1. The van der Waals surface area contributed by atoms with Crippen LogP contribution in [0.3, 0.4) is 0 Å². The third-order valence-corrected chi connectivity index (χ3v) is 8.45. The van der Waals surface area contributed by atoms with E-state index in [1.54, 1.807) is 6.92 Å². The molecule has 33 heavy (non-hydrogen) atoms. The molecule has 2 amide bonds. The maximum atomic E-state index is 14.4. The number of fused-ring (bicyclic) bond motifs is 1. The summed E-state index contributed by atoms with van der Waals surface area (Å²) in [6.45, 7) is 4.44. The lowest BCUT2D eigenvalue weighted by atomic mass is 10.0. The summed E-state index contributed by atoms with van der Waals surface area (Å²) in [7, 11) is -4.02. The summed E-state index contributed by atoms with van der Waals surface area (Å²) >= 11 is 0.624. The summed E-state index contributed by atoms with van der Waals surface area (Å²) < 4.78 is 69.4. The predicted octanol–water partition coefficient (Wildman–Crippen LogP) is 4.60. The first kappa shape index (κ1) is 25.5. The van der Waals surface area contributed by atoms with Crippen LogP contribution in [0.1, 0.15) is 54.6 Å². The van der Waals surface area contributed by atoms with E-state index >= 15 is 0 Å². The summed E-state index contributed by atoms with van der Waals surface area (Å²) in [5.41, 5.74) is -0.164. The third-order valence-electron chi connectivity index (χ3n) is 5.11. The number of halogens is 4. The summed E-state index contributed by atoms with van der Waals surface area (Å²) in [5.74, 6) is -0.979. The lowest BCUT2D eigenvalue weighted by Gasteiger charge is -2.18. The Morgan fingerprint density at radius 2 is 2.03 bits per heavy atom. The zero-order valence-electron chi connectivity index (χ0n) is 18.2. The highest BCUT2D eigenvalue weighted by atomic mass is 32.2. The predicted molar refractivity (Wildman–Crippen MR) is 117 cm³/mol. The number of urea groups is 1. The van der Waals surface area contributed by atoms with Crippen molar-refractivity contribution in [3.63, 3.8) is 0 Å². The Balaban J connectivity index is 2.02. The highest BCUT2D eigenvalue weighted by Crippen LogP contribution is 2.36. The topological polar surface area (TPSA) is 118 Å². The molecular formula is C20H24F4N4O3S2. The number of thiophene rings is 1. The van der Waals surface area contributed by atoms with Crippen LogP contribution in [0.2, 0.25) is 0 Å². The highest BCUT2D eigenvalue weighted by Gasteiger charge is 2.33. The van der Waals surface area contributed by atoms with Crippen molar-refractivity contribution in [2.75, 3.05) is 5.32 Å². The average Bonchev–Trinajstić information content (AvgIpc) is 3.26. The fourth-order valence-corrected chi connectivity index (χ4v) is 6.03. The van der Waals surface area contributed by atoms with E-state index in [1.807, 2.05) is 0 Å². The monoisotopic (exact) mass is 508 g/mol. The summed E-state index contributed by atoms with van der Waals surface area (Å²) in [6.07, 6.45) is -3.95. The van der Waals surface area contributed by atoms with E-state index in [4.69, 9.17) is 5.14 Å². The van der Waals surface area contributed by atoms with Crippen molar-refractivity contribution in [3.8, 4) is 0 Å². The van der Waals surface area contributed by atoms with Crippen LogP contribution in [0.25, 0.3) is 0 Å². The number of nitrogens with zero attached hydrogens (tertiary/aromatic N) is 2. The van der Waals surface area contributed by atoms with Crippen molar-refractivity contribution in [2.45, 2.75) is 68.9 Å². The molecule has 0 saturated carbocycles. The lowest BCUT2D eigenvalue weighted by molar-refractivity contribution is -0.128. The quantitative estimate of drug-likeness (QED) is 0.512. The van der Waals surface area contributed by atoms with Crippen LogP contribution in [0.4, 0.5) is 28.0 Å². The summed E-state index contributed by atoms with van der Waals surface area (Å²) in [4.78, 5) is 17.0. The molecule has 1 atom stereocenters. The molecule has 0 aliphatic heterocycles. The minimum atomic E-state index is -4.49. The SMILES string of the molecule is CCc1c(CC(F)(F)F)nc2c(c1NC(=O)N=[S@](N)(=O)c1sc(C(C)(C)O)cc1F)CCC2. The number of aliphatic hydroxyl groups is 1. The molecule has 0 radical (unpaired) electrons. The first-order valence-corrected chi connectivity index (χ1v) is 12.5. The fraction of sp³-hybridized carbons (Fsp3) is 0.500. The Morgan fingerprint density at radius 1 is 1.36 bits per heavy atom. The van der Waals surface area contributed by atoms with Gasteiger partial charge in [-0.1, -0.05) is 6.92 Å². The van der Waals surface area contributed by atoms with Gasteiger partial charge < -0.3 is 10.4 Å². The van der Waals surface area contributed by atoms with Crippen molar-refractivity contribution in [1.29, 1.82) is 0 Å². The number of carbonyl (C=O) groups excluding carboxylic acids is 1. The van der Waals surface area contributed by atoms with Gasteiger partial charge in [-0.15, -0.1) is 15.7 Å². The number of alkyl halides is 3. The number of hydrogen-bond donors (Lipinski definition) is 3. The van der Waals surface area contributed by atoms with Gasteiger partial charge >= 0.3 is 12.2 Å². The number of rotatable bonds is 5. The second-order valence-electron chi connectivity index (χ2n) is 8.23. The molecule has 1 aliphatic rings. The zero-order chi connectivity index (χ0) is 24.8. The highest BCUT2D eigenvalue weighted by molar-refractivity contribution is 7.93. The average molecular weight is 509 g/mol. The molecule has 2 aromatic rings. The molecule has 0 fully saturated rings. The number of nitrogens with one attached hydrogen (secondary N) is 1. The number of anilines is 1. The Morgan fingerprint density at radius 3 is 2.58 bits per heavy atom. The molecule has 4 N–H and O–H groups in total. The van der Waals surface area contributed by atoms with Gasteiger partial charge in [0.2, 0.25) is 0 Å². The number of pyridine rings is 1. The molecule has 0 saturated heterocycles. The van der Waals surface area contributed by atoms with Gasteiger partial charge in [-0.3, -0.25) is 4.98 Å². The zero-order valence-corrected chi connectivity index (χ0v) is 19.8. The van der Waals surface area contributed by atoms with Crippen molar-refractivity contribution in [1.82, 2.24) is 4.98 Å².